The number of nitrogens with zero attached hydrogens (tertiary/aromatic N) is 4. The summed E-state index contributed by atoms with van der Waals surface area (Å²) in [6, 6.07) is 12.7. The summed E-state index contributed by atoms with van der Waals surface area (Å²) in [6.07, 6.45) is 6.22. The lowest BCUT2D eigenvalue weighted by molar-refractivity contribution is -0.120. The van der Waals surface area contributed by atoms with Crippen LogP contribution in [0.15, 0.2) is 76.4 Å². The summed E-state index contributed by atoms with van der Waals surface area (Å²) in [7, 11) is -3.93. The highest BCUT2D eigenvalue weighted by atomic mass is 32.2. The van der Waals surface area contributed by atoms with Crippen LogP contribution >= 0.6 is 0 Å². The summed E-state index contributed by atoms with van der Waals surface area (Å²) in [6.45, 7) is 1.90. The first-order valence-electron chi connectivity index (χ1n) is 10.5. The summed E-state index contributed by atoms with van der Waals surface area (Å²) in [5, 5.41) is 10.8. The molecule has 1 fully saturated rings. The van der Waals surface area contributed by atoms with Crippen molar-refractivity contribution in [1.29, 1.82) is 0 Å². The van der Waals surface area contributed by atoms with Crippen LogP contribution in [0.5, 0.6) is 0 Å². The second-order valence-corrected chi connectivity index (χ2v) is 9.91. The van der Waals surface area contributed by atoms with Gasteiger partial charge in [0, 0.05) is 29.1 Å². The van der Waals surface area contributed by atoms with Gasteiger partial charge < -0.3 is 9.73 Å². The number of rotatable bonds is 7. The number of sulfonamides is 1. The number of hydrogen-bond donors (Lipinski definition) is 2. The van der Waals surface area contributed by atoms with Crippen LogP contribution in [0.1, 0.15) is 19.8 Å². The van der Waals surface area contributed by atoms with Crippen molar-refractivity contribution in [3.05, 3.63) is 67.1 Å². The van der Waals surface area contributed by atoms with Gasteiger partial charge in [0.25, 0.3) is 15.9 Å². The molecule has 4 aromatic rings. The Balaban J connectivity index is 1.35. The van der Waals surface area contributed by atoms with E-state index in [0.717, 1.165) is 12.8 Å². The third kappa shape index (κ3) is 4.50. The van der Waals surface area contributed by atoms with E-state index in [0.29, 0.717) is 22.6 Å². The van der Waals surface area contributed by atoms with E-state index in [1.54, 1.807) is 36.4 Å². The Morgan fingerprint density at radius 1 is 1.00 bits per heavy atom. The molecule has 0 bridgehead atoms. The van der Waals surface area contributed by atoms with Gasteiger partial charge >= 0.3 is 0 Å². The van der Waals surface area contributed by atoms with Crippen molar-refractivity contribution < 1.29 is 17.6 Å². The molecule has 0 atom stereocenters. The van der Waals surface area contributed by atoms with Crippen molar-refractivity contribution >= 4 is 27.3 Å². The number of carbonyl (C=O) groups excluding carboxylic acids is 1. The minimum atomic E-state index is -3.93. The predicted molar refractivity (Wildman–Crippen MR) is 124 cm³/mol. The Bertz CT molecular complexity index is 1470. The fourth-order valence-corrected chi connectivity index (χ4v) is 4.32. The second-order valence-electron chi connectivity index (χ2n) is 8.23. The Labute approximate surface area is 195 Å². The van der Waals surface area contributed by atoms with Crippen molar-refractivity contribution in [3.63, 3.8) is 0 Å². The summed E-state index contributed by atoms with van der Waals surface area (Å²) >= 11 is 0. The number of nitrogens with one attached hydrogen (secondary N) is 2. The summed E-state index contributed by atoms with van der Waals surface area (Å²) in [5.74, 6) is 0.255. The molecule has 34 heavy (non-hydrogen) atoms. The molecule has 1 aliphatic rings. The molecule has 1 aliphatic carbocycles. The molecule has 2 N–H and O–H groups in total. The topological polar surface area (TPSA) is 140 Å². The van der Waals surface area contributed by atoms with E-state index in [9.17, 15) is 13.2 Å². The molecule has 2 heterocycles. The van der Waals surface area contributed by atoms with Gasteiger partial charge in [-0.15, -0.1) is 10.2 Å². The molecule has 172 valence electrons. The fourth-order valence-electron chi connectivity index (χ4n) is 3.22. The van der Waals surface area contributed by atoms with Gasteiger partial charge in [-0.05, 0) is 49.2 Å². The minimum absolute atomic E-state index is 0.0178. The van der Waals surface area contributed by atoms with Gasteiger partial charge in [-0.2, -0.15) is 0 Å². The third-order valence-corrected chi connectivity index (χ3v) is 6.90. The monoisotopic (exact) mass is 476 g/mol. The highest BCUT2D eigenvalue weighted by Gasteiger charge is 2.44. The largest absolute Gasteiger partial charge is 0.415 e. The molecule has 1 amide bonds. The van der Waals surface area contributed by atoms with Crippen LogP contribution in [-0.4, -0.2) is 34.5 Å². The third-order valence-electron chi connectivity index (χ3n) is 5.52. The Hall–Kier alpha value is -4.12. The first kappa shape index (κ1) is 21.7. The first-order chi connectivity index (χ1) is 16.3. The van der Waals surface area contributed by atoms with Crippen molar-refractivity contribution in [2.24, 2.45) is 5.41 Å². The zero-order chi connectivity index (χ0) is 23.8. The maximum absolute atomic E-state index is 13.0. The average Bonchev–Trinajstić information content (AvgIpc) is 3.40. The molecular formula is C23H20N6O4S. The first-order valence-corrected chi connectivity index (χ1v) is 12.0. The van der Waals surface area contributed by atoms with Crippen LogP contribution in [-0.2, 0) is 14.8 Å². The van der Waals surface area contributed by atoms with Gasteiger partial charge in [0.15, 0.2) is 0 Å². The molecule has 1 saturated carbocycles. The molecule has 0 aliphatic heterocycles. The standard InChI is InChI=1S/C23H20N6O4S/c1-23(8-9-23)22(30)26-16-5-3-6-17(13-16)29-34(31,32)18-7-2-4-15(12-18)20-27-28-21(33-20)19-14-24-10-11-25-19/h2-7,10-14,29H,8-9H2,1H3,(H,26,30). The Morgan fingerprint density at radius 3 is 2.53 bits per heavy atom. The lowest BCUT2D eigenvalue weighted by atomic mass is 10.1. The molecule has 2 aromatic heterocycles. The second kappa shape index (κ2) is 8.34. The van der Waals surface area contributed by atoms with E-state index in [1.165, 1.54) is 30.7 Å². The van der Waals surface area contributed by atoms with Gasteiger partial charge in [-0.1, -0.05) is 19.1 Å². The van der Waals surface area contributed by atoms with Gasteiger partial charge in [-0.3, -0.25) is 14.5 Å². The van der Waals surface area contributed by atoms with Crippen LogP contribution in [0, 0.1) is 5.41 Å². The van der Waals surface area contributed by atoms with Crippen LogP contribution in [0.4, 0.5) is 11.4 Å². The lowest BCUT2D eigenvalue weighted by Gasteiger charge is -2.12. The highest BCUT2D eigenvalue weighted by Crippen LogP contribution is 2.45. The number of carbonyl (C=O) groups is 1. The van der Waals surface area contributed by atoms with Crippen molar-refractivity contribution in [2.75, 3.05) is 10.0 Å². The minimum Gasteiger partial charge on any atom is -0.415 e. The fraction of sp³-hybridized carbons (Fsp3) is 0.174. The van der Waals surface area contributed by atoms with Gasteiger partial charge in [-0.25, -0.2) is 13.4 Å². The smallest absolute Gasteiger partial charge is 0.268 e. The molecular weight excluding hydrogens is 456 g/mol. The zero-order valence-corrected chi connectivity index (χ0v) is 18.9. The normalized spacial score (nSPS) is 14.4. The summed E-state index contributed by atoms with van der Waals surface area (Å²) in [5.41, 5.74) is 1.36. The van der Waals surface area contributed by atoms with Crippen molar-refractivity contribution in [1.82, 2.24) is 20.2 Å². The van der Waals surface area contributed by atoms with E-state index >= 15 is 0 Å². The van der Waals surface area contributed by atoms with Crippen LogP contribution in [0.3, 0.4) is 0 Å². The summed E-state index contributed by atoms with van der Waals surface area (Å²) < 4.78 is 34.3. The molecule has 0 saturated heterocycles. The van der Waals surface area contributed by atoms with E-state index in [2.05, 4.69) is 30.2 Å². The van der Waals surface area contributed by atoms with Gasteiger partial charge in [0.05, 0.1) is 16.8 Å². The van der Waals surface area contributed by atoms with Crippen LogP contribution < -0.4 is 10.0 Å². The van der Waals surface area contributed by atoms with Crippen LogP contribution in [0.25, 0.3) is 23.0 Å². The maximum atomic E-state index is 13.0. The number of hydrogen-bond acceptors (Lipinski definition) is 8. The number of anilines is 2. The highest BCUT2D eigenvalue weighted by molar-refractivity contribution is 7.92. The van der Waals surface area contributed by atoms with Crippen molar-refractivity contribution in [2.45, 2.75) is 24.7 Å². The van der Waals surface area contributed by atoms with E-state index in [1.807, 2.05) is 6.92 Å². The Morgan fingerprint density at radius 2 is 1.76 bits per heavy atom. The van der Waals surface area contributed by atoms with E-state index in [-0.39, 0.29) is 28.0 Å². The SMILES string of the molecule is CC1(C(=O)Nc2cccc(NS(=O)(=O)c3cccc(-c4nnc(-c5cnccn5)o4)c3)c2)CC1. The van der Waals surface area contributed by atoms with Crippen LogP contribution in [0.2, 0.25) is 0 Å². The lowest BCUT2D eigenvalue weighted by Crippen LogP contribution is -2.21. The predicted octanol–water partition coefficient (Wildman–Crippen LogP) is 3.73. The van der Waals surface area contributed by atoms with E-state index < -0.39 is 10.0 Å². The maximum Gasteiger partial charge on any atom is 0.268 e. The van der Waals surface area contributed by atoms with Gasteiger partial charge in [0.1, 0.15) is 5.69 Å². The molecule has 0 spiro atoms. The molecule has 11 heteroatoms. The Kier molecular flexibility index (Phi) is 5.33. The molecule has 2 aromatic carbocycles. The molecule has 10 nitrogen and oxygen atoms in total. The number of amides is 1. The molecule has 0 radical (unpaired) electrons. The zero-order valence-electron chi connectivity index (χ0n) is 18.1. The molecule has 5 rings (SSSR count). The number of aromatic nitrogens is 4. The van der Waals surface area contributed by atoms with E-state index in [4.69, 9.17) is 4.42 Å². The van der Waals surface area contributed by atoms with Gasteiger partial charge in [0.2, 0.25) is 11.8 Å². The van der Waals surface area contributed by atoms with Crippen molar-refractivity contribution in [3.8, 4) is 23.0 Å². The quantitative estimate of drug-likeness (QED) is 0.411. The molecule has 0 unspecified atom stereocenters. The summed E-state index contributed by atoms with van der Waals surface area (Å²) in [4.78, 5) is 20.4. The average molecular weight is 477 g/mol. The number of benzene rings is 2.